The molecule has 0 unspecified atom stereocenters. The van der Waals surface area contributed by atoms with Gasteiger partial charge in [-0.2, -0.15) is 9.97 Å². The predicted molar refractivity (Wildman–Crippen MR) is 257 cm³/mol. The maximum atomic E-state index is 12.8. The van der Waals surface area contributed by atoms with Gasteiger partial charge in [0.25, 0.3) is 16.6 Å². The third-order valence-corrected chi connectivity index (χ3v) is 22.4. The van der Waals surface area contributed by atoms with Crippen molar-refractivity contribution in [3.63, 3.8) is 0 Å². The first kappa shape index (κ1) is 45.1. The minimum atomic E-state index is -3.03. The second-order valence-electron chi connectivity index (χ2n) is 19.3. The molecule has 0 saturated heterocycles. The van der Waals surface area contributed by atoms with Crippen molar-refractivity contribution in [3.8, 4) is 0 Å². The Morgan fingerprint density at radius 1 is 0.742 bits per heavy atom. The second-order valence-corrected chi connectivity index (χ2v) is 28.3. The molecule has 1 N–H and O–H groups in total. The number of halogens is 1. The van der Waals surface area contributed by atoms with Crippen molar-refractivity contribution in [2.24, 2.45) is 5.92 Å². The van der Waals surface area contributed by atoms with E-state index in [4.69, 9.17) is 41.7 Å². The monoisotopic (exact) mass is 885 g/mol. The van der Waals surface area contributed by atoms with Crippen molar-refractivity contribution in [2.75, 3.05) is 11.9 Å². The highest BCUT2D eigenvalue weighted by atomic mass is 35.5. The third-order valence-electron chi connectivity index (χ3n) is 12.0. The average Bonchev–Trinajstić information content (AvgIpc) is 3.78. The van der Waals surface area contributed by atoms with Gasteiger partial charge in [0.15, 0.2) is 10.8 Å². The van der Waals surface area contributed by atoms with E-state index in [1.165, 1.54) is 20.7 Å². The molecule has 324 valence electrons. The molecule has 4 aromatic carbocycles. The number of anilines is 1. The number of nitrogens with zero attached hydrogens (tertiary/aromatic N) is 4. The molecule has 9 nitrogen and oxygen atoms in total. The zero-order chi connectivity index (χ0) is 44.5. The molecule has 1 fully saturated rings. The molecule has 2 aromatic heterocycles. The Balaban J connectivity index is 1.32. The maximum absolute atomic E-state index is 12.8. The third kappa shape index (κ3) is 8.83. The molecule has 1 saturated carbocycles. The number of nitrogens with one attached hydrogen (secondary N) is 1. The van der Waals surface area contributed by atoms with Gasteiger partial charge in [0, 0.05) is 12.5 Å². The van der Waals surface area contributed by atoms with Crippen LogP contribution in [0.1, 0.15) is 81.2 Å². The van der Waals surface area contributed by atoms with Crippen LogP contribution in [-0.4, -0.2) is 60.6 Å². The van der Waals surface area contributed by atoms with Gasteiger partial charge < -0.3 is 18.2 Å². The predicted octanol–water partition coefficient (Wildman–Crippen LogP) is 9.86. The van der Waals surface area contributed by atoms with Crippen LogP contribution < -0.4 is 26.1 Å². The summed E-state index contributed by atoms with van der Waals surface area (Å²) in [7, 11) is -5.88. The Morgan fingerprint density at radius 2 is 1.21 bits per heavy atom. The number of hydrogen-bond acceptors (Lipinski definition) is 7. The minimum Gasteiger partial charge on any atom is -0.444 e. The zero-order valence-electron chi connectivity index (χ0n) is 37.5. The number of carbonyl (C=O) groups excluding carboxylic acids is 1. The summed E-state index contributed by atoms with van der Waals surface area (Å²) in [6.07, 6.45) is 2.10. The maximum Gasteiger partial charge on any atom is 0.414 e. The summed E-state index contributed by atoms with van der Waals surface area (Å²) in [5, 5.41) is 7.24. The number of aromatic nitrogens is 4. The molecule has 6 aromatic rings. The van der Waals surface area contributed by atoms with Gasteiger partial charge in [-0.25, -0.2) is 9.78 Å². The fourth-order valence-corrected chi connectivity index (χ4v) is 18.9. The second kappa shape index (κ2) is 17.7. The van der Waals surface area contributed by atoms with Gasteiger partial charge in [-0.1, -0.05) is 181 Å². The molecule has 1 aliphatic carbocycles. The molecule has 62 heavy (non-hydrogen) atoms. The van der Waals surface area contributed by atoms with E-state index in [2.05, 4.69) is 173 Å². The van der Waals surface area contributed by atoms with E-state index in [9.17, 15) is 4.79 Å². The number of amides is 1. The van der Waals surface area contributed by atoms with E-state index >= 15 is 0 Å². The van der Waals surface area contributed by atoms with Gasteiger partial charge in [-0.3, -0.25) is 5.32 Å². The van der Waals surface area contributed by atoms with E-state index < -0.39 is 28.3 Å². The molecule has 1 aliphatic rings. The summed E-state index contributed by atoms with van der Waals surface area (Å²) in [5.41, 5.74) is 1.19. The lowest BCUT2D eigenvalue weighted by molar-refractivity contribution is 0.0634. The summed E-state index contributed by atoms with van der Waals surface area (Å²) < 4.78 is 23.0. The minimum absolute atomic E-state index is 0.0254. The summed E-state index contributed by atoms with van der Waals surface area (Å²) in [4.78, 5) is 26.7. The van der Waals surface area contributed by atoms with Crippen molar-refractivity contribution < 1.29 is 18.4 Å². The van der Waals surface area contributed by atoms with Crippen LogP contribution in [0.2, 0.25) is 15.2 Å². The number of carbonyl (C=O) groups is 1. The Morgan fingerprint density at radius 3 is 1.66 bits per heavy atom. The smallest absolute Gasteiger partial charge is 0.414 e. The molecule has 0 spiro atoms. The lowest BCUT2D eigenvalue weighted by Crippen LogP contribution is -2.68. The topological polar surface area (TPSA) is 100 Å². The van der Waals surface area contributed by atoms with Crippen LogP contribution in [0.25, 0.3) is 11.2 Å². The first-order valence-corrected chi connectivity index (χ1v) is 25.7. The molecule has 7 rings (SSSR count). The van der Waals surface area contributed by atoms with Gasteiger partial charge in [0.05, 0.1) is 18.5 Å². The highest BCUT2D eigenvalue weighted by Gasteiger charge is 2.55. The standard InChI is InChI=1S/C50H60ClN5O4Si2/c1-35-40(31-32-58-61(49(5,6)7,36-23-15-11-16-24-36)37-25-17-12-18-26-37)42(60-62(50(8,9)10,38-27-19-13-20-28-38)39-29-21-14-22-30-39)33-41(35)56-34-52-43-44(51)53-46(54-45(43)56)55-47(57)59-48(2,3)4/h11-30,34,40-42H,1,31-33H2,2-10H3,(H,53,54,55,57)/t40-,41+,42+/m1/s1. The van der Waals surface area contributed by atoms with Gasteiger partial charge in [-0.15, -0.1) is 0 Å². The Hall–Kier alpha value is -4.92. The van der Waals surface area contributed by atoms with Crippen LogP contribution in [0.4, 0.5) is 10.7 Å². The lowest BCUT2D eigenvalue weighted by atomic mass is 9.98. The van der Waals surface area contributed by atoms with Crippen LogP contribution in [-0.2, 0) is 13.6 Å². The molecule has 1 amide bonds. The Kier molecular flexibility index (Phi) is 12.9. The summed E-state index contributed by atoms with van der Waals surface area (Å²) >= 11 is 6.74. The molecule has 2 heterocycles. The van der Waals surface area contributed by atoms with E-state index in [0.717, 1.165) is 5.57 Å². The van der Waals surface area contributed by atoms with Gasteiger partial charge in [0.2, 0.25) is 5.95 Å². The van der Waals surface area contributed by atoms with Crippen molar-refractivity contribution in [1.82, 2.24) is 19.5 Å². The lowest BCUT2D eigenvalue weighted by Gasteiger charge is -2.46. The Bertz CT molecular complexity index is 2410. The first-order chi connectivity index (χ1) is 29.4. The number of ether oxygens (including phenoxy) is 1. The van der Waals surface area contributed by atoms with E-state index in [1.54, 1.807) is 27.1 Å². The van der Waals surface area contributed by atoms with Crippen molar-refractivity contribution >= 4 is 72.2 Å². The summed E-state index contributed by atoms with van der Waals surface area (Å²) in [6.45, 7) is 24.6. The zero-order valence-corrected chi connectivity index (χ0v) is 40.2. The van der Waals surface area contributed by atoms with Crippen molar-refractivity contribution in [3.05, 3.63) is 145 Å². The van der Waals surface area contributed by atoms with Gasteiger partial charge in [0.1, 0.15) is 11.1 Å². The Labute approximate surface area is 374 Å². The van der Waals surface area contributed by atoms with Crippen LogP contribution in [0.15, 0.2) is 140 Å². The molecule has 0 bridgehead atoms. The number of hydrogen-bond donors (Lipinski definition) is 1. The largest absolute Gasteiger partial charge is 0.444 e. The molecular formula is C50H60ClN5O4Si2. The molecule has 3 atom stereocenters. The normalized spacial score (nSPS) is 17.6. The van der Waals surface area contributed by atoms with Crippen molar-refractivity contribution in [2.45, 2.75) is 103 Å². The fraction of sp³-hybridized carbons (Fsp3) is 0.360. The van der Waals surface area contributed by atoms with E-state index in [0.29, 0.717) is 30.6 Å². The van der Waals surface area contributed by atoms with Crippen molar-refractivity contribution in [1.29, 1.82) is 0 Å². The quantitative estimate of drug-likeness (QED) is 0.0742. The molecule has 0 radical (unpaired) electrons. The molecule has 0 aliphatic heterocycles. The molecule has 12 heteroatoms. The van der Waals surface area contributed by atoms with Gasteiger partial charge >= 0.3 is 6.09 Å². The SMILES string of the molecule is C=C1[C@@H](CCO[Si](c2ccccc2)(c2ccccc2)C(C)(C)C)[C@@H](O[Si](c2ccccc2)(c2ccccc2)C(C)(C)C)C[C@@H]1n1cnc2c(Cl)nc(NC(=O)OC(C)(C)C)nc21. The highest BCUT2D eigenvalue weighted by Crippen LogP contribution is 2.48. The molecular weight excluding hydrogens is 826 g/mol. The van der Waals surface area contributed by atoms with Crippen LogP contribution in [0, 0.1) is 5.92 Å². The van der Waals surface area contributed by atoms with Crippen LogP contribution >= 0.6 is 11.6 Å². The summed E-state index contributed by atoms with van der Waals surface area (Å²) in [5.74, 6) is -0.0774. The van der Waals surface area contributed by atoms with E-state index in [-0.39, 0.29) is 39.2 Å². The highest BCUT2D eigenvalue weighted by molar-refractivity contribution is 7.00. The fourth-order valence-electron chi connectivity index (χ4n) is 9.40. The number of imidazole rings is 1. The number of rotatable bonds is 12. The number of benzene rings is 4. The van der Waals surface area contributed by atoms with Crippen LogP contribution in [0.3, 0.4) is 0 Å². The van der Waals surface area contributed by atoms with Crippen LogP contribution in [0.5, 0.6) is 0 Å². The van der Waals surface area contributed by atoms with E-state index in [1.807, 2.05) is 4.57 Å². The summed E-state index contributed by atoms with van der Waals surface area (Å²) in [6, 6.07) is 42.8. The average molecular weight is 887 g/mol. The van der Waals surface area contributed by atoms with Gasteiger partial charge in [-0.05, 0) is 70.0 Å². The number of fused-ring (bicyclic) bond motifs is 1. The first-order valence-electron chi connectivity index (χ1n) is 21.5.